The molecule has 14 heavy (non-hydrogen) atoms. The Balaban J connectivity index is 2.10. The molecule has 5 nitrogen and oxygen atoms in total. The fraction of sp³-hybridized carbons (Fsp3) is 0.375. The normalized spacial score (nSPS) is 16.7. The predicted octanol–water partition coefficient (Wildman–Crippen LogP) is 0.807. The van der Waals surface area contributed by atoms with Gasteiger partial charge in [0.1, 0.15) is 11.8 Å². The SMILES string of the molecule is Nc1nc(/C(C=O)=N/OC2CC2)cs1. The molecule has 0 aliphatic heterocycles. The van der Waals surface area contributed by atoms with E-state index in [1.807, 2.05) is 0 Å². The number of hydrogen-bond donors (Lipinski definition) is 1. The van der Waals surface area contributed by atoms with Crippen LogP contribution >= 0.6 is 11.3 Å². The molecule has 1 heterocycles. The van der Waals surface area contributed by atoms with Gasteiger partial charge in [0.05, 0.1) is 0 Å². The minimum Gasteiger partial charge on any atom is -0.392 e. The monoisotopic (exact) mass is 211 g/mol. The summed E-state index contributed by atoms with van der Waals surface area (Å²) < 4.78 is 0. The number of carbonyl (C=O) groups is 1. The van der Waals surface area contributed by atoms with Crippen LogP contribution in [0.25, 0.3) is 0 Å². The topological polar surface area (TPSA) is 77.6 Å². The van der Waals surface area contributed by atoms with Crippen LogP contribution in [0.1, 0.15) is 18.5 Å². The van der Waals surface area contributed by atoms with Gasteiger partial charge in [0.25, 0.3) is 0 Å². The zero-order chi connectivity index (χ0) is 9.97. The lowest BCUT2D eigenvalue weighted by molar-refractivity contribution is -0.102. The van der Waals surface area contributed by atoms with Gasteiger partial charge in [0.2, 0.25) is 0 Å². The van der Waals surface area contributed by atoms with Gasteiger partial charge in [-0.15, -0.1) is 11.3 Å². The van der Waals surface area contributed by atoms with E-state index >= 15 is 0 Å². The van der Waals surface area contributed by atoms with E-state index in [0.717, 1.165) is 12.8 Å². The van der Waals surface area contributed by atoms with Gasteiger partial charge in [-0.2, -0.15) is 0 Å². The minimum atomic E-state index is 0.181. The summed E-state index contributed by atoms with van der Waals surface area (Å²) in [4.78, 5) is 19.6. The molecule has 2 N–H and O–H groups in total. The summed E-state index contributed by atoms with van der Waals surface area (Å²) in [6.45, 7) is 0. The molecular weight excluding hydrogens is 202 g/mol. The zero-order valence-electron chi connectivity index (χ0n) is 7.34. The second-order valence-electron chi connectivity index (χ2n) is 2.97. The quantitative estimate of drug-likeness (QED) is 0.454. The molecule has 0 bridgehead atoms. The van der Waals surface area contributed by atoms with E-state index in [4.69, 9.17) is 10.6 Å². The van der Waals surface area contributed by atoms with Gasteiger partial charge < -0.3 is 10.6 Å². The predicted molar refractivity (Wildman–Crippen MR) is 53.2 cm³/mol. The largest absolute Gasteiger partial charge is 0.392 e. The summed E-state index contributed by atoms with van der Waals surface area (Å²) in [6.07, 6.45) is 2.82. The molecule has 0 unspecified atom stereocenters. The van der Waals surface area contributed by atoms with Gasteiger partial charge in [-0.3, -0.25) is 4.79 Å². The molecule has 0 spiro atoms. The first-order valence-corrected chi connectivity index (χ1v) is 5.08. The number of rotatable bonds is 4. The number of thiazole rings is 1. The molecule has 0 atom stereocenters. The van der Waals surface area contributed by atoms with Crippen molar-refractivity contribution in [3.63, 3.8) is 0 Å². The van der Waals surface area contributed by atoms with Crippen molar-refractivity contribution >= 4 is 28.5 Å². The standard InChI is InChI=1S/C8H9N3O2S/c9-8-10-7(4-14-8)6(3-12)11-13-5-1-2-5/h3-5H,1-2H2,(H2,9,10)/b11-6+. The first-order valence-electron chi connectivity index (χ1n) is 4.20. The molecule has 0 radical (unpaired) electrons. The fourth-order valence-corrected chi connectivity index (χ4v) is 1.40. The summed E-state index contributed by atoms with van der Waals surface area (Å²) >= 11 is 1.27. The Morgan fingerprint density at radius 3 is 3.07 bits per heavy atom. The lowest BCUT2D eigenvalue weighted by atomic mass is 10.3. The molecule has 1 aromatic rings. The second kappa shape index (κ2) is 3.75. The van der Waals surface area contributed by atoms with E-state index < -0.39 is 0 Å². The Labute approximate surface area is 84.6 Å². The number of anilines is 1. The van der Waals surface area contributed by atoms with Crippen LogP contribution in [0, 0.1) is 0 Å². The maximum absolute atomic E-state index is 10.7. The lowest BCUT2D eigenvalue weighted by Crippen LogP contribution is -2.04. The number of aromatic nitrogens is 1. The molecule has 0 saturated heterocycles. The van der Waals surface area contributed by atoms with Gasteiger partial charge in [-0.1, -0.05) is 5.16 Å². The first-order chi connectivity index (χ1) is 6.79. The van der Waals surface area contributed by atoms with Gasteiger partial charge in [-0.05, 0) is 12.8 Å². The van der Waals surface area contributed by atoms with Crippen LogP contribution in [0.5, 0.6) is 0 Å². The molecular formula is C8H9N3O2S. The van der Waals surface area contributed by atoms with E-state index in [9.17, 15) is 4.79 Å². The van der Waals surface area contributed by atoms with Crippen molar-refractivity contribution in [2.24, 2.45) is 5.16 Å². The van der Waals surface area contributed by atoms with Crippen molar-refractivity contribution in [1.29, 1.82) is 0 Å². The second-order valence-corrected chi connectivity index (χ2v) is 3.86. The minimum absolute atomic E-state index is 0.181. The lowest BCUT2D eigenvalue weighted by Gasteiger charge is -1.95. The Morgan fingerprint density at radius 1 is 1.79 bits per heavy atom. The van der Waals surface area contributed by atoms with Gasteiger partial charge in [-0.25, -0.2) is 4.98 Å². The summed E-state index contributed by atoms with van der Waals surface area (Å²) in [5, 5.41) is 5.82. The number of nitrogens with zero attached hydrogens (tertiary/aromatic N) is 2. The van der Waals surface area contributed by atoms with E-state index in [1.54, 1.807) is 5.38 Å². The number of nitrogens with two attached hydrogens (primary N) is 1. The third-order valence-corrected chi connectivity index (χ3v) is 2.39. The summed E-state index contributed by atoms with van der Waals surface area (Å²) in [5.74, 6) is 0. The number of hydrogen-bond acceptors (Lipinski definition) is 6. The summed E-state index contributed by atoms with van der Waals surface area (Å²) in [6, 6.07) is 0. The van der Waals surface area contributed by atoms with Crippen LogP contribution in [-0.4, -0.2) is 23.1 Å². The van der Waals surface area contributed by atoms with Crippen LogP contribution in [0.15, 0.2) is 10.5 Å². The molecule has 2 rings (SSSR count). The fourth-order valence-electron chi connectivity index (χ4n) is 0.839. The zero-order valence-corrected chi connectivity index (χ0v) is 8.16. The number of aldehydes is 1. The van der Waals surface area contributed by atoms with Crippen molar-refractivity contribution in [2.75, 3.05) is 5.73 Å². The van der Waals surface area contributed by atoms with Crippen LogP contribution in [0.4, 0.5) is 5.13 Å². The molecule has 6 heteroatoms. The average molecular weight is 211 g/mol. The Bertz CT molecular complexity index is 370. The number of oxime groups is 1. The highest BCUT2D eigenvalue weighted by atomic mass is 32.1. The highest BCUT2D eigenvalue weighted by Gasteiger charge is 2.24. The van der Waals surface area contributed by atoms with E-state index in [2.05, 4.69) is 10.1 Å². The van der Waals surface area contributed by atoms with E-state index in [1.165, 1.54) is 11.3 Å². The van der Waals surface area contributed by atoms with Gasteiger partial charge in [0.15, 0.2) is 17.1 Å². The van der Waals surface area contributed by atoms with Crippen LogP contribution < -0.4 is 5.73 Å². The van der Waals surface area contributed by atoms with Gasteiger partial charge in [0, 0.05) is 5.38 Å². The Kier molecular flexibility index (Phi) is 2.45. The number of nitrogen functional groups attached to an aromatic ring is 1. The molecule has 1 aliphatic carbocycles. The smallest absolute Gasteiger partial charge is 0.180 e. The maximum atomic E-state index is 10.7. The molecule has 74 valence electrons. The Hall–Kier alpha value is -1.43. The van der Waals surface area contributed by atoms with Crippen LogP contribution in [0.2, 0.25) is 0 Å². The first kappa shape index (κ1) is 9.14. The third kappa shape index (κ3) is 2.08. The molecule has 1 aliphatic rings. The third-order valence-electron chi connectivity index (χ3n) is 1.72. The summed E-state index contributed by atoms with van der Waals surface area (Å²) in [7, 11) is 0. The highest BCUT2D eigenvalue weighted by molar-refractivity contribution is 7.13. The van der Waals surface area contributed by atoms with Crippen molar-refractivity contribution in [3.05, 3.63) is 11.1 Å². The van der Waals surface area contributed by atoms with Crippen LogP contribution in [-0.2, 0) is 9.63 Å². The van der Waals surface area contributed by atoms with E-state index in [-0.39, 0.29) is 11.8 Å². The molecule has 1 fully saturated rings. The van der Waals surface area contributed by atoms with Crippen molar-refractivity contribution in [1.82, 2.24) is 4.98 Å². The molecule has 1 saturated carbocycles. The Morgan fingerprint density at radius 2 is 2.57 bits per heavy atom. The average Bonchev–Trinajstić information content (AvgIpc) is 2.90. The van der Waals surface area contributed by atoms with Crippen molar-refractivity contribution in [2.45, 2.75) is 18.9 Å². The van der Waals surface area contributed by atoms with Crippen molar-refractivity contribution < 1.29 is 9.63 Å². The maximum Gasteiger partial charge on any atom is 0.180 e. The van der Waals surface area contributed by atoms with Gasteiger partial charge >= 0.3 is 0 Å². The number of carbonyl (C=O) groups excluding carboxylic acids is 1. The molecule has 0 amide bonds. The molecule has 0 aromatic carbocycles. The van der Waals surface area contributed by atoms with Crippen molar-refractivity contribution in [3.8, 4) is 0 Å². The van der Waals surface area contributed by atoms with Crippen LogP contribution in [0.3, 0.4) is 0 Å². The highest BCUT2D eigenvalue weighted by Crippen LogP contribution is 2.23. The molecule has 1 aromatic heterocycles. The summed E-state index contributed by atoms with van der Waals surface area (Å²) in [5.41, 5.74) is 6.11. The van der Waals surface area contributed by atoms with E-state index in [0.29, 0.717) is 17.1 Å².